The van der Waals surface area contributed by atoms with E-state index in [1.807, 2.05) is 42.5 Å². The molecule has 1 N–H and O–H groups in total. The number of nitrogens with one attached hydrogen (secondary N) is 1. The van der Waals surface area contributed by atoms with Gasteiger partial charge in [-0.15, -0.1) is 0 Å². The maximum absolute atomic E-state index is 12.1. The lowest BCUT2D eigenvalue weighted by molar-refractivity contribution is -0.125. The first-order valence-electron chi connectivity index (χ1n) is 7.39. The quantitative estimate of drug-likeness (QED) is 0.861. The number of rotatable bonds is 5. The van der Waals surface area contributed by atoms with Gasteiger partial charge >= 0.3 is 0 Å². The highest BCUT2D eigenvalue weighted by atomic mass is 16.2. The average Bonchev–Trinajstić information content (AvgIpc) is 2.54. The van der Waals surface area contributed by atoms with Crippen molar-refractivity contribution in [2.75, 3.05) is 12.4 Å². The van der Waals surface area contributed by atoms with Crippen molar-refractivity contribution in [1.82, 2.24) is 4.90 Å². The Morgan fingerprint density at radius 1 is 1.04 bits per heavy atom. The SMILES string of the molecule is CC(=O)Nc1ccc(/C=C/C(=O)N(C)Cc2ccccc2)cc1. The minimum absolute atomic E-state index is 0.0557. The fourth-order valence-corrected chi connectivity index (χ4v) is 2.11. The van der Waals surface area contributed by atoms with Crippen molar-refractivity contribution >= 4 is 23.6 Å². The molecule has 0 atom stereocenters. The fourth-order valence-electron chi connectivity index (χ4n) is 2.11. The number of likely N-dealkylation sites (N-methyl/N-ethyl adjacent to an activating group) is 1. The van der Waals surface area contributed by atoms with Crippen LogP contribution in [0, 0.1) is 0 Å². The Kier molecular flexibility index (Phi) is 5.69. The third kappa shape index (κ3) is 5.43. The smallest absolute Gasteiger partial charge is 0.246 e. The summed E-state index contributed by atoms with van der Waals surface area (Å²) >= 11 is 0. The van der Waals surface area contributed by atoms with Crippen molar-refractivity contribution < 1.29 is 9.59 Å². The van der Waals surface area contributed by atoms with Gasteiger partial charge in [0.1, 0.15) is 0 Å². The van der Waals surface area contributed by atoms with Crippen LogP contribution in [-0.4, -0.2) is 23.8 Å². The molecule has 0 spiro atoms. The molecule has 0 aliphatic heterocycles. The van der Waals surface area contributed by atoms with E-state index in [1.165, 1.54) is 6.92 Å². The second kappa shape index (κ2) is 7.94. The van der Waals surface area contributed by atoms with E-state index in [0.717, 1.165) is 16.8 Å². The molecule has 0 fully saturated rings. The van der Waals surface area contributed by atoms with Gasteiger partial charge in [-0.2, -0.15) is 0 Å². The summed E-state index contributed by atoms with van der Waals surface area (Å²) in [6, 6.07) is 17.2. The zero-order chi connectivity index (χ0) is 16.7. The molecule has 0 unspecified atom stereocenters. The molecule has 0 saturated heterocycles. The fraction of sp³-hybridized carbons (Fsp3) is 0.158. The Morgan fingerprint density at radius 2 is 1.70 bits per heavy atom. The van der Waals surface area contributed by atoms with Crippen LogP contribution in [0.15, 0.2) is 60.7 Å². The zero-order valence-electron chi connectivity index (χ0n) is 13.3. The Labute approximate surface area is 136 Å². The molecule has 118 valence electrons. The normalized spacial score (nSPS) is 10.5. The summed E-state index contributed by atoms with van der Waals surface area (Å²) in [4.78, 5) is 24.7. The Morgan fingerprint density at radius 3 is 2.30 bits per heavy atom. The molecule has 0 aliphatic rings. The number of nitrogens with zero attached hydrogens (tertiary/aromatic N) is 1. The van der Waals surface area contributed by atoms with E-state index in [1.54, 1.807) is 36.2 Å². The topological polar surface area (TPSA) is 49.4 Å². The van der Waals surface area contributed by atoms with Crippen molar-refractivity contribution in [1.29, 1.82) is 0 Å². The molecule has 0 aromatic heterocycles. The summed E-state index contributed by atoms with van der Waals surface area (Å²) in [6.45, 7) is 2.04. The summed E-state index contributed by atoms with van der Waals surface area (Å²) in [5.41, 5.74) is 2.74. The molecule has 2 amide bonds. The Bertz CT molecular complexity index is 691. The van der Waals surface area contributed by atoms with Crippen molar-refractivity contribution in [3.05, 3.63) is 71.8 Å². The van der Waals surface area contributed by atoms with Crippen LogP contribution >= 0.6 is 0 Å². The standard InChI is InChI=1S/C19H20N2O2/c1-15(22)20-18-11-8-16(9-12-18)10-13-19(23)21(2)14-17-6-4-3-5-7-17/h3-13H,14H2,1-2H3,(H,20,22)/b13-10+. The van der Waals surface area contributed by atoms with Gasteiger partial charge in [0.15, 0.2) is 0 Å². The highest BCUT2D eigenvalue weighted by molar-refractivity contribution is 5.92. The highest BCUT2D eigenvalue weighted by Gasteiger charge is 2.05. The van der Waals surface area contributed by atoms with E-state index in [4.69, 9.17) is 0 Å². The van der Waals surface area contributed by atoms with Crippen LogP contribution in [0.2, 0.25) is 0 Å². The highest BCUT2D eigenvalue weighted by Crippen LogP contribution is 2.11. The number of anilines is 1. The van der Waals surface area contributed by atoms with Crippen LogP contribution in [0.5, 0.6) is 0 Å². The summed E-state index contributed by atoms with van der Waals surface area (Å²) in [6.07, 6.45) is 3.32. The first-order valence-corrected chi connectivity index (χ1v) is 7.39. The molecule has 0 bridgehead atoms. The molecular formula is C19H20N2O2. The molecular weight excluding hydrogens is 288 g/mol. The minimum atomic E-state index is -0.106. The molecule has 2 aromatic rings. The average molecular weight is 308 g/mol. The number of hydrogen-bond acceptors (Lipinski definition) is 2. The Hall–Kier alpha value is -2.88. The van der Waals surface area contributed by atoms with Crippen molar-refractivity contribution in [2.45, 2.75) is 13.5 Å². The van der Waals surface area contributed by atoms with Crippen LogP contribution in [-0.2, 0) is 16.1 Å². The first-order chi connectivity index (χ1) is 11.0. The molecule has 4 nitrogen and oxygen atoms in total. The lowest BCUT2D eigenvalue weighted by atomic mass is 10.2. The molecule has 4 heteroatoms. The van der Waals surface area contributed by atoms with Gasteiger partial charge in [0.2, 0.25) is 11.8 Å². The molecule has 0 aliphatic carbocycles. The van der Waals surface area contributed by atoms with Gasteiger partial charge < -0.3 is 10.2 Å². The van der Waals surface area contributed by atoms with Gasteiger partial charge in [-0.25, -0.2) is 0 Å². The lowest BCUT2D eigenvalue weighted by Crippen LogP contribution is -2.23. The van der Waals surface area contributed by atoms with Gasteiger partial charge in [-0.3, -0.25) is 9.59 Å². The van der Waals surface area contributed by atoms with Gasteiger partial charge in [-0.1, -0.05) is 42.5 Å². The largest absolute Gasteiger partial charge is 0.338 e. The van der Waals surface area contributed by atoms with E-state index in [-0.39, 0.29) is 11.8 Å². The maximum Gasteiger partial charge on any atom is 0.246 e. The molecule has 0 radical (unpaired) electrons. The number of amides is 2. The van der Waals surface area contributed by atoms with Crippen molar-refractivity contribution in [3.63, 3.8) is 0 Å². The second-order valence-electron chi connectivity index (χ2n) is 5.32. The lowest BCUT2D eigenvalue weighted by Gasteiger charge is -2.15. The third-order valence-corrected chi connectivity index (χ3v) is 3.29. The summed E-state index contributed by atoms with van der Waals surface area (Å²) in [5.74, 6) is -0.161. The first kappa shape index (κ1) is 16.5. The van der Waals surface area contributed by atoms with E-state index in [0.29, 0.717) is 6.54 Å². The third-order valence-electron chi connectivity index (χ3n) is 3.29. The predicted molar refractivity (Wildman–Crippen MR) is 92.7 cm³/mol. The van der Waals surface area contributed by atoms with Crippen LogP contribution < -0.4 is 5.32 Å². The molecule has 2 aromatic carbocycles. The minimum Gasteiger partial charge on any atom is -0.338 e. The molecule has 23 heavy (non-hydrogen) atoms. The van der Waals surface area contributed by atoms with E-state index in [9.17, 15) is 9.59 Å². The molecule has 0 heterocycles. The summed E-state index contributed by atoms with van der Waals surface area (Å²) in [7, 11) is 1.78. The zero-order valence-corrected chi connectivity index (χ0v) is 13.3. The van der Waals surface area contributed by atoms with Crippen molar-refractivity contribution in [3.8, 4) is 0 Å². The van der Waals surface area contributed by atoms with E-state index < -0.39 is 0 Å². The van der Waals surface area contributed by atoms with Crippen LogP contribution in [0.25, 0.3) is 6.08 Å². The second-order valence-corrected chi connectivity index (χ2v) is 5.32. The maximum atomic E-state index is 12.1. The summed E-state index contributed by atoms with van der Waals surface area (Å²) < 4.78 is 0. The number of hydrogen-bond donors (Lipinski definition) is 1. The number of carbonyl (C=O) groups excluding carboxylic acids is 2. The Balaban J connectivity index is 1.93. The van der Waals surface area contributed by atoms with Gasteiger partial charge in [0.25, 0.3) is 0 Å². The van der Waals surface area contributed by atoms with Crippen LogP contribution in [0.3, 0.4) is 0 Å². The monoisotopic (exact) mass is 308 g/mol. The number of benzene rings is 2. The summed E-state index contributed by atoms with van der Waals surface area (Å²) in [5, 5.41) is 2.70. The predicted octanol–water partition coefficient (Wildman–Crippen LogP) is 3.32. The van der Waals surface area contributed by atoms with Gasteiger partial charge in [0.05, 0.1) is 0 Å². The molecule has 0 saturated carbocycles. The van der Waals surface area contributed by atoms with Gasteiger partial charge in [0, 0.05) is 32.3 Å². The van der Waals surface area contributed by atoms with Crippen LogP contribution in [0.1, 0.15) is 18.1 Å². The molecule has 2 rings (SSSR count). The number of carbonyl (C=O) groups is 2. The van der Waals surface area contributed by atoms with Crippen molar-refractivity contribution in [2.24, 2.45) is 0 Å². The van der Waals surface area contributed by atoms with E-state index in [2.05, 4.69) is 5.32 Å². The van der Waals surface area contributed by atoms with Gasteiger partial charge in [-0.05, 0) is 29.3 Å². The van der Waals surface area contributed by atoms with E-state index >= 15 is 0 Å². The van der Waals surface area contributed by atoms with Crippen LogP contribution in [0.4, 0.5) is 5.69 Å².